The van der Waals surface area contributed by atoms with Gasteiger partial charge in [0.25, 0.3) is 8.32 Å². The van der Waals surface area contributed by atoms with Crippen LogP contribution in [0.1, 0.15) is 46.5 Å². The lowest BCUT2D eigenvalue weighted by Crippen LogP contribution is -2.66. The Bertz CT molecular complexity index is 679. The Kier molecular flexibility index (Phi) is 5.78. The highest BCUT2D eigenvalue weighted by molar-refractivity contribution is 6.99. The minimum absolute atomic E-state index is 0.00457. The van der Waals surface area contributed by atoms with Crippen LogP contribution in [0, 0.1) is 5.92 Å². The Morgan fingerprint density at radius 2 is 1.50 bits per heavy atom. The van der Waals surface area contributed by atoms with Crippen molar-refractivity contribution in [2.24, 2.45) is 5.92 Å². The number of carbonyl (C=O) groups is 1. The van der Waals surface area contributed by atoms with E-state index < -0.39 is 8.32 Å². The predicted molar refractivity (Wildman–Crippen MR) is 111 cm³/mol. The molecule has 26 heavy (non-hydrogen) atoms. The molecule has 0 spiro atoms. The smallest absolute Gasteiger partial charge is 0.261 e. The molecule has 0 amide bonds. The molecule has 138 valence electrons. The first-order valence-corrected chi connectivity index (χ1v) is 11.6. The minimum atomic E-state index is -2.45. The second kappa shape index (κ2) is 7.89. The summed E-state index contributed by atoms with van der Waals surface area (Å²) in [6.45, 7) is 7.53. The van der Waals surface area contributed by atoms with Gasteiger partial charge in [0.05, 0.1) is 0 Å². The zero-order valence-electron chi connectivity index (χ0n) is 16.2. The van der Waals surface area contributed by atoms with Gasteiger partial charge >= 0.3 is 0 Å². The van der Waals surface area contributed by atoms with Gasteiger partial charge in [0.15, 0.2) is 0 Å². The van der Waals surface area contributed by atoms with Gasteiger partial charge in [-0.3, -0.25) is 4.79 Å². The Labute approximate surface area is 158 Å². The summed E-state index contributed by atoms with van der Waals surface area (Å²) in [6.07, 6.45) is 3.68. The molecule has 3 rings (SSSR count). The second-order valence-corrected chi connectivity index (χ2v) is 12.7. The molecule has 2 aromatic rings. The monoisotopic (exact) mass is 366 g/mol. The molecule has 2 nitrogen and oxygen atoms in total. The number of ketones is 1. The van der Waals surface area contributed by atoms with Crippen molar-refractivity contribution in [1.29, 1.82) is 0 Å². The van der Waals surface area contributed by atoms with E-state index in [-0.39, 0.29) is 11.0 Å². The molecule has 0 radical (unpaired) electrons. The molecule has 0 aromatic heterocycles. The Hall–Kier alpha value is -1.71. The molecular weight excluding hydrogens is 336 g/mol. The Morgan fingerprint density at radius 3 is 1.92 bits per heavy atom. The maximum atomic E-state index is 12.0. The molecule has 0 N–H and O–H groups in total. The quantitative estimate of drug-likeness (QED) is 0.712. The van der Waals surface area contributed by atoms with Crippen LogP contribution in [-0.4, -0.2) is 20.7 Å². The lowest BCUT2D eigenvalue weighted by atomic mass is 10.0. The van der Waals surface area contributed by atoms with Gasteiger partial charge < -0.3 is 4.43 Å². The summed E-state index contributed by atoms with van der Waals surface area (Å²) in [6, 6.07) is 21.4. The second-order valence-electron chi connectivity index (χ2n) is 8.36. The van der Waals surface area contributed by atoms with Crippen LogP contribution >= 0.6 is 0 Å². The van der Waals surface area contributed by atoms with Crippen LogP contribution in [0.5, 0.6) is 0 Å². The molecule has 2 aromatic carbocycles. The molecule has 0 bridgehead atoms. The summed E-state index contributed by atoms with van der Waals surface area (Å²) in [7, 11) is -2.45. The summed E-state index contributed by atoms with van der Waals surface area (Å²) in [5, 5.41) is 2.60. The van der Waals surface area contributed by atoms with Crippen molar-refractivity contribution in [1.82, 2.24) is 0 Å². The molecule has 0 aliphatic heterocycles. The molecule has 3 heteroatoms. The summed E-state index contributed by atoms with van der Waals surface area (Å²) in [5.74, 6) is 0.629. The number of hydrogen-bond donors (Lipinski definition) is 0. The number of hydrogen-bond acceptors (Lipinski definition) is 2. The van der Waals surface area contributed by atoms with Crippen molar-refractivity contribution in [3.05, 3.63) is 60.7 Å². The van der Waals surface area contributed by atoms with Gasteiger partial charge in [0.1, 0.15) is 5.78 Å². The molecule has 1 saturated carbocycles. The van der Waals surface area contributed by atoms with E-state index in [1.54, 1.807) is 0 Å². The summed E-state index contributed by atoms with van der Waals surface area (Å²) >= 11 is 0. The van der Waals surface area contributed by atoms with E-state index in [1.807, 2.05) is 0 Å². The third-order valence-electron chi connectivity index (χ3n) is 5.63. The molecule has 0 heterocycles. The van der Waals surface area contributed by atoms with Crippen LogP contribution < -0.4 is 10.4 Å². The normalized spacial score (nSPS) is 18.3. The van der Waals surface area contributed by atoms with Crippen LogP contribution in [0.4, 0.5) is 0 Å². The van der Waals surface area contributed by atoms with Crippen molar-refractivity contribution in [3.63, 3.8) is 0 Å². The van der Waals surface area contributed by atoms with E-state index in [0.29, 0.717) is 12.4 Å². The van der Waals surface area contributed by atoms with E-state index in [4.69, 9.17) is 4.43 Å². The van der Waals surface area contributed by atoms with E-state index >= 15 is 0 Å². The first kappa shape index (κ1) is 19.1. The average molecular weight is 367 g/mol. The minimum Gasteiger partial charge on any atom is -0.407 e. The van der Waals surface area contributed by atoms with Gasteiger partial charge in [0.2, 0.25) is 0 Å². The largest absolute Gasteiger partial charge is 0.407 e. The van der Waals surface area contributed by atoms with Gasteiger partial charge in [-0.2, -0.15) is 0 Å². The highest BCUT2D eigenvalue weighted by atomic mass is 28.4. The third kappa shape index (κ3) is 3.69. The summed E-state index contributed by atoms with van der Waals surface area (Å²) in [4.78, 5) is 12.0. The fraction of sp³-hybridized carbons (Fsp3) is 0.435. The SMILES string of the molecule is CC(C)(C)[Si](OCCC1CCCC1=O)(c1ccccc1)c1ccccc1. The van der Waals surface area contributed by atoms with Crippen molar-refractivity contribution in [2.75, 3.05) is 6.61 Å². The zero-order valence-corrected chi connectivity index (χ0v) is 17.2. The molecule has 1 aliphatic carbocycles. The molecule has 1 aliphatic rings. The fourth-order valence-electron chi connectivity index (χ4n) is 4.31. The topological polar surface area (TPSA) is 26.3 Å². The Balaban J connectivity index is 1.96. The van der Waals surface area contributed by atoms with E-state index in [2.05, 4.69) is 81.4 Å². The summed E-state index contributed by atoms with van der Waals surface area (Å²) < 4.78 is 6.86. The van der Waals surface area contributed by atoms with E-state index in [1.165, 1.54) is 10.4 Å². The van der Waals surface area contributed by atoms with E-state index in [9.17, 15) is 4.79 Å². The first-order chi connectivity index (χ1) is 12.4. The molecule has 1 fully saturated rings. The number of benzene rings is 2. The average Bonchev–Trinajstić information content (AvgIpc) is 3.04. The van der Waals surface area contributed by atoms with Crippen LogP contribution in [-0.2, 0) is 9.22 Å². The highest BCUT2D eigenvalue weighted by Gasteiger charge is 2.50. The maximum absolute atomic E-state index is 12.0. The molecule has 1 atom stereocenters. The predicted octanol–water partition coefficient (Wildman–Crippen LogP) is 4.32. The van der Waals surface area contributed by atoms with Crippen LogP contribution in [0.15, 0.2) is 60.7 Å². The maximum Gasteiger partial charge on any atom is 0.261 e. The van der Waals surface area contributed by atoms with E-state index in [0.717, 1.165) is 25.7 Å². The molecule has 0 saturated heterocycles. The van der Waals surface area contributed by atoms with Crippen LogP contribution in [0.25, 0.3) is 0 Å². The van der Waals surface area contributed by atoms with Gasteiger partial charge in [0, 0.05) is 18.9 Å². The van der Waals surface area contributed by atoms with Gasteiger partial charge in [-0.25, -0.2) is 0 Å². The van der Waals surface area contributed by atoms with Crippen molar-refractivity contribution >= 4 is 24.5 Å². The van der Waals surface area contributed by atoms with Crippen molar-refractivity contribution in [2.45, 2.75) is 51.5 Å². The van der Waals surface area contributed by atoms with Gasteiger partial charge in [-0.15, -0.1) is 0 Å². The lowest BCUT2D eigenvalue weighted by molar-refractivity contribution is -0.121. The first-order valence-electron chi connectivity index (χ1n) is 9.73. The van der Waals surface area contributed by atoms with Gasteiger partial charge in [-0.05, 0) is 34.7 Å². The highest BCUT2D eigenvalue weighted by Crippen LogP contribution is 2.37. The third-order valence-corrected chi connectivity index (χ3v) is 10.7. The number of carbonyl (C=O) groups excluding carboxylic acids is 1. The van der Waals surface area contributed by atoms with Gasteiger partial charge in [-0.1, -0.05) is 81.4 Å². The zero-order chi connectivity index (χ0) is 18.6. The van der Waals surface area contributed by atoms with Crippen molar-refractivity contribution in [3.8, 4) is 0 Å². The number of Topliss-reactive ketones (excluding diaryl/α,β-unsaturated/α-hetero) is 1. The Morgan fingerprint density at radius 1 is 0.962 bits per heavy atom. The fourth-order valence-corrected chi connectivity index (χ4v) is 8.89. The molecule has 1 unspecified atom stereocenters. The standard InChI is InChI=1S/C23H30O2Si/c1-23(2,3)26(20-12-6-4-7-13-20,21-14-8-5-9-15-21)25-18-17-19-11-10-16-22(19)24/h4-9,12-15,19H,10-11,16-18H2,1-3H3. The lowest BCUT2D eigenvalue weighted by Gasteiger charge is -2.43. The van der Waals surface area contributed by atoms with Crippen molar-refractivity contribution < 1.29 is 9.22 Å². The molecular formula is C23H30O2Si. The van der Waals surface area contributed by atoms with Crippen LogP contribution in [0.2, 0.25) is 5.04 Å². The number of rotatable bonds is 6. The summed E-state index contributed by atoms with van der Waals surface area (Å²) in [5.41, 5.74) is 0. The van der Waals surface area contributed by atoms with Crippen LogP contribution in [0.3, 0.4) is 0 Å².